The molecule has 0 unspecified atom stereocenters. The molecule has 3 aliphatic rings. The van der Waals surface area contributed by atoms with Gasteiger partial charge in [0.1, 0.15) is 13.2 Å². The predicted octanol–water partition coefficient (Wildman–Crippen LogP) is 3.83. The molecule has 1 aromatic heterocycles. The molecular weight excluding hydrogens is 438 g/mol. The summed E-state index contributed by atoms with van der Waals surface area (Å²) in [5, 5.41) is 1.11. The van der Waals surface area contributed by atoms with Gasteiger partial charge in [-0.05, 0) is 37.1 Å². The molecule has 3 aliphatic heterocycles. The fraction of sp³-hybridized carbons (Fsp3) is 0.400. The van der Waals surface area contributed by atoms with Crippen LogP contribution in [0.2, 0.25) is 0 Å². The highest BCUT2D eigenvalue weighted by Gasteiger charge is 2.39. The molecule has 4 heterocycles. The highest BCUT2D eigenvalue weighted by molar-refractivity contribution is 7.18. The van der Waals surface area contributed by atoms with Gasteiger partial charge in [0.25, 0.3) is 0 Å². The molecule has 3 aromatic rings. The molecule has 0 spiro atoms. The van der Waals surface area contributed by atoms with E-state index >= 15 is 0 Å². The number of likely N-dealkylation sites (tertiary alicyclic amines) is 1. The molecule has 2 saturated heterocycles. The van der Waals surface area contributed by atoms with Crippen molar-refractivity contribution in [2.75, 3.05) is 37.7 Å². The molecule has 2 fully saturated rings. The number of amides is 2. The number of carbonyl (C=O) groups is 2. The van der Waals surface area contributed by atoms with Crippen LogP contribution in [0.3, 0.4) is 0 Å². The van der Waals surface area contributed by atoms with Gasteiger partial charge < -0.3 is 19.3 Å². The molecule has 0 radical (unpaired) electrons. The van der Waals surface area contributed by atoms with Crippen LogP contribution in [-0.4, -0.2) is 54.5 Å². The molecule has 8 heteroatoms. The Morgan fingerprint density at radius 3 is 2.79 bits per heavy atom. The van der Waals surface area contributed by atoms with Gasteiger partial charge in [0.15, 0.2) is 11.5 Å². The lowest BCUT2D eigenvalue weighted by Gasteiger charge is -2.33. The predicted molar refractivity (Wildman–Crippen MR) is 126 cm³/mol. The average Bonchev–Trinajstić information content (AvgIpc) is 3.47. The number of aromatic nitrogens is 1. The molecule has 2 aromatic carbocycles. The first-order valence-corrected chi connectivity index (χ1v) is 12.3. The Kier molecular flexibility index (Phi) is 5.17. The number of ether oxygens (including phenoxy) is 2. The van der Waals surface area contributed by atoms with Crippen LogP contribution < -0.4 is 14.4 Å². The summed E-state index contributed by atoms with van der Waals surface area (Å²) in [5.41, 5.74) is 1.78. The van der Waals surface area contributed by atoms with E-state index in [1.54, 1.807) is 16.2 Å². The third-order valence-electron chi connectivity index (χ3n) is 6.70. The van der Waals surface area contributed by atoms with E-state index in [-0.39, 0.29) is 30.1 Å². The zero-order valence-corrected chi connectivity index (χ0v) is 19.1. The maximum absolute atomic E-state index is 13.4. The third kappa shape index (κ3) is 3.82. The van der Waals surface area contributed by atoms with Crippen LogP contribution >= 0.6 is 11.3 Å². The number of hydrogen-bond donors (Lipinski definition) is 0. The maximum Gasteiger partial charge on any atom is 0.228 e. The van der Waals surface area contributed by atoms with Gasteiger partial charge in [-0.25, -0.2) is 4.98 Å². The van der Waals surface area contributed by atoms with Crippen molar-refractivity contribution in [2.45, 2.75) is 25.2 Å². The molecular formula is C25H25N3O4S. The first-order valence-electron chi connectivity index (χ1n) is 11.5. The van der Waals surface area contributed by atoms with Gasteiger partial charge in [0.05, 0.1) is 21.1 Å². The Morgan fingerprint density at radius 2 is 1.91 bits per heavy atom. The summed E-state index contributed by atoms with van der Waals surface area (Å²) < 4.78 is 12.4. The minimum absolute atomic E-state index is 0.0234. The minimum Gasteiger partial charge on any atom is -0.486 e. The number of piperidine rings is 1. The zero-order valence-electron chi connectivity index (χ0n) is 18.2. The number of anilines is 1. The molecule has 0 aliphatic carbocycles. The van der Waals surface area contributed by atoms with Crippen molar-refractivity contribution in [1.82, 2.24) is 9.88 Å². The fourth-order valence-electron chi connectivity index (χ4n) is 5.02. The Labute approximate surface area is 195 Å². The molecule has 170 valence electrons. The minimum atomic E-state index is -0.320. The number of carbonyl (C=O) groups excluding carboxylic acids is 2. The third-order valence-corrected chi connectivity index (χ3v) is 7.90. The summed E-state index contributed by atoms with van der Waals surface area (Å²) >= 11 is 1.73. The zero-order chi connectivity index (χ0) is 22.4. The summed E-state index contributed by atoms with van der Waals surface area (Å²) in [6, 6.07) is 13.7. The second-order valence-corrected chi connectivity index (χ2v) is 9.94. The molecule has 2 amide bonds. The SMILES string of the molecule is O=C([C@@H]1CC(=O)N(c2ccc3c(c2)OCCO3)C1)N1CCC[C@H](c2nc3ccccc3s2)C1. The maximum atomic E-state index is 13.4. The van der Waals surface area contributed by atoms with Crippen LogP contribution in [0.4, 0.5) is 5.69 Å². The van der Waals surface area contributed by atoms with Crippen molar-refractivity contribution in [3.63, 3.8) is 0 Å². The number of benzene rings is 2. The lowest BCUT2D eigenvalue weighted by atomic mass is 9.96. The van der Waals surface area contributed by atoms with Gasteiger partial charge in [-0.3, -0.25) is 9.59 Å². The smallest absolute Gasteiger partial charge is 0.228 e. The van der Waals surface area contributed by atoms with E-state index in [1.165, 1.54) is 4.70 Å². The van der Waals surface area contributed by atoms with Gasteiger partial charge in [0.2, 0.25) is 11.8 Å². The highest BCUT2D eigenvalue weighted by atomic mass is 32.1. The van der Waals surface area contributed by atoms with Crippen molar-refractivity contribution >= 4 is 39.1 Å². The van der Waals surface area contributed by atoms with Crippen LogP contribution in [-0.2, 0) is 9.59 Å². The molecule has 0 bridgehead atoms. The van der Waals surface area contributed by atoms with E-state index in [2.05, 4.69) is 6.07 Å². The van der Waals surface area contributed by atoms with E-state index in [4.69, 9.17) is 14.5 Å². The average molecular weight is 464 g/mol. The molecule has 6 rings (SSSR count). The quantitative estimate of drug-likeness (QED) is 0.590. The highest BCUT2D eigenvalue weighted by Crippen LogP contribution is 2.37. The van der Waals surface area contributed by atoms with Crippen molar-refractivity contribution in [3.05, 3.63) is 47.5 Å². The van der Waals surface area contributed by atoms with E-state index in [1.807, 2.05) is 41.3 Å². The van der Waals surface area contributed by atoms with E-state index < -0.39 is 0 Å². The van der Waals surface area contributed by atoms with Crippen molar-refractivity contribution in [3.8, 4) is 11.5 Å². The molecule has 33 heavy (non-hydrogen) atoms. The molecule has 7 nitrogen and oxygen atoms in total. The Balaban J connectivity index is 1.16. The van der Waals surface area contributed by atoms with E-state index in [9.17, 15) is 9.59 Å². The summed E-state index contributed by atoms with van der Waals surface area (Å²) in [6.45, 7) is 2.84. The van der Waals surface area contributed by atoms with Gasteiger partial charge in [0, 0.05) is 43.7 Å². The number of fused-ring (bicyclic) bond motifs is 2. The van der Waals surface area contributed by atoms with Crippen LogP contribution in [0.15, 0.2) is 42.5 Å². The Bertz CT molecular complexity index is 1190. The first-order chi connectivity index (χ1) is 16.2. The van der Waals surface area contributed by atoms with Gasteiger partial charge >= 0.3 is 0 Å². The number of para-hydroxylation sites is 1. The molecule has 0 N–H and O–H groups in total. The molecule has 0 saturated carbocycles. The monoisotopic (exact) mass is 463 g/mol. The standard InChI is InChI=1S/C25H25N3O4S/c29-23-12-17(15-28(23)18-7-8-20-21(13-18)32-11-10-31-20)25(30)27-9-3-4-16(14-27)24-26-19-5-1-2-6-22(19)33-24/h1-2,5-8,13,16-17H,3-4,9-12,14-15H2/t16-,17+/m0/s1. The number of nitrogens with zero attached hydrogens (tertiary/aromatic N) is 3. The van der Waals surface area contributed by atoms with Crippen LogP contribution in [0.1, 0.15) is 30.2 Å². The van der Waals surface area contributed by atoms with Crippen molar-refractivity contribution < 1.29 is 19.1 Å². The normalized spacial score (nSPS) is 22.7. The van der Waals surface area contributed by atoms with E-state index in [0.29, 0.717) is 37.8 Å². The van der Waals surface area contributed by atoms with Gasteiger partial charge in [-0.1, -0.05) is 12.1 Å². The summed E-state index contributed by atoms with van der Waals surface area (Å²) in [4.78, 5) is 34.7. The lowest BCUT2D eigenvalue weighted by Crippen LogP contribution is -2.43. The van der Waals surface area contributed by atoms with Gasteiger partial charge in [-0.15, -0.1) is 11.3 Å². The number of thiazole rings is 1. The Morgan fingerprint density at radius 1 is 1.06 bits per heavy atom. The fourth-order valence-corrected chi connectivity index (χ4v) is 6.12. The van der Waals surface area contributed by atoms with Crippen LogP contribution in [0.5, 0.6) is 11.5 Å². The second-order valence-electron chi connectivity index (χ2n) is 8.88. The Hall–Kier alpha value is -3.13. The second kappa shape index (κ2) is 8.33. The van der Waals surface area contributed by atoms with Gasteiger partial charge in [-0.2, -0.15) is 0 Å². The summed E-state index contributed by atoms with van der Waals surface area (Å²) in [7, 11) is 0. The largest absolute Gasteiger partial charge is 0.486 e. The van der Waals surface area contributed by atoms with E-state index in [0.717, 1.165) is 35.6 Å². The van der Waals surface area contributed by atoms with Crippen molar-refractivity contribution in [1.29, 1.82) is 0 Å². The van der Waals surface area contributed by atoms with Crippen LogP contribution in [0, 0.1) is 5.92 Å². The topological polar surface area (TPSA) is 72.0 Å². The first kappa shape index (κ1) is 20.5. The lowest BCUT2D eigenvalue weighted by molar-refractivity contribution is -0.137. The summed E-state index contributed by atoms with van der Waals surface area (Å²) in [5.74, 6) is 1.33. The number of rotatable bonds is 3. The van der Waals surface area contributed by atoms with Crippen molar-refractivity contribution in [2.24, 2.45) is 5.92 Å². The summed E-state index contributed by atoms with van der Waals surface area (Å²) in [6.07, 6.45) is 2.24. The van der Waals surface area contributed by atoms with Crippen LogP contribution in [0.25, 0.3) is 10.2 Å². The number of hydrogen-bond acceptors (Lipinski definition) is 6. The molecule has 2 atom stereocenters.